The Hall–Kier alpha value is -1.16. The van der Waals surface area contributed by atoms with E-state index < -0.39 is 5.60 Å². The van der Waals surface area contributed by atoms with Gasteiger partial charge in [0.2, 0.25) is 0 Å². The van der Waals surface area contributed by atoms with Crippen LogP contribution in [0.5, 0.6) is 0 Å². The van der Waals surface area contributed by atoms with Crippen LogP contribution in [0.3, 0.4) is 0 Å². The Bertz CT molecular complexity index is 696. The molecular weight excluding hydrogens is 340 g/mol. The summed E-state index contributed by atoms with van der Waals surface area (Å²) in [5, 5.41) is 12.1. The summed E-state index contributed by atoms with van der Waals surface area (Å²) < 4.78 is 5.48. The molecule has 0 aliphatic heterocycles. The quantitative estimate of drug-likeness (QED) is 0.581. The Morgan fingerprint density at radius 3 is 2.48 bits per heavy atom. The summed E-state index contributed by atoms with van der Waals surface area (Å²) in [6, 6.07) is 0. The summed E-state index contributed by atoms with van der Waals surface area (Å²) in [5.41, 5.74) is 0.388. The van der Waals surface area contributed by atoms with E-state index >= 15 is 0 Å². The predicted molar refractivity (Wildman–Crippen MR) is 103 cm³/mol. The van der Waals surface area contributed by atoms with E-state index in [1.807, 2.05) is 0 Å². The summed E-state index contributed by atoms with van der Waals surface area (Å²) in [4.78, 5) is 23.6. The molecule has 4 aliphatic carbocycles. The van der Waals surface area contributed by atoms with E-state index in [1.165, 1.54) is 12.5 Å². The first-order valence-corrected chi connectivity index (χ1v) is 10.7. The number of carbonyl (C=O) groups is 2. The molecule has 1 N–H and O–H groups in total. The van der Waals surface area contributed by atoms with Gasteiger partial charge in [-0.25, -0.2) is 0 Å². The van der Waals surface area contributed by atoms with Crippen molar-refractivity contribution in [2.75, 3.05) is 0 Å². The highest BCUT2D eigenvalue weighted by Crippen LogP contribution is 2.67. The lowest BCUT2D eigenvalue weighted by Crippen LogP contribution is -2.63. The molecule has 7 atom stereocenters. The molecule has 0 bridgehead atoms. The van der Waals surface area contributed by atoms with Crippen molar-refractivity contribution in [3.8, 4) is 0 Å². The molecule has 0 saturated heterocycles. The number of rotatable bonds is 2. The number of ether oxygens (including phenoxy) is 1. The standard InChI is InChI=1S/C23H34O4/c1-14(24)18-7-8-19-20-6-5-16-13-17(27-15(2)25)9-10-22(16,4)23(20,26)12-11-21(18,19)3/h5,17-20,26H,6-13H2,1-4H3/t17?,18-,19+,20+,21-,22+,23-/m1/s1. The van der Waals surface area contributed by atoms with Crippen LogP contribution in [0.2, 0.25) is 0 Å². The van der Waals surface area contributed by atoms with Crippen LogP contribution in [-0.4, -0.2) is 28.6 Å². The Kier molecular flexibility index (Phi) is 4.38. The summed E-state index contributed by atoms with van der Waals surface area (Å²) in [6.45, 7) is 7.75. The van der Waals surface area contributed by atoms with Gasteiger partial charge in [-0.1, -0.05) is 25.5 Å². The SMILES string of the molecule is CC(=O)OC1CC[C@@]2(C)C(=CC[C@H]3[C@@H]4CC[C@H](C(C)=O)[C@@]4(C)CC[C@@]32O)C1. The van der Waals surface area contributed by atoms with Gasteiger partial charge in [-0.15, -0.1) is 0 Å². The third-order valence-corrected chi connectivity index (χ3v) is 9.07. The molecule has 4 nitrogen and oxygen atoms in total. The second-order valence-corrected chi connectivity index (χ2v) is 10.2. The molecule has 0 heterocycles. The van der Waals surface area contributed by atoms with Crippen LogP contribution in [0.25, 0.3) is 0 Å². The summed E-state index contributed by atoms with van der Waals surface area (Å²) in [7, 11) is 0. The second-order valence-electron chi connectivity index (χ2n) is 10.2. The van der Waals surface area contributed by atoms with E-state index in [1.54, 1.807) is 6.92 Å². The maximum atomic E-state index is 12.2. The van der Waals surface area contributed by atoms with E-state index in [2.05, 4.69) is 19.9 Å². The molecule has 4 aliphatic rings. The van der Waals surface area contributed by atoms with Crippen LogP contribution in [0.15, 0.2) is 11.6 Å². The monoisotopic (exact) mass is 374 g/mol. The van der Waals surface area contributed by atoms with Gasteiger partial charge in [-0.2, -0.15) is 0 Å². The van der Waals surface area contributed by atoms with Crippen molar-refractivity contribution in [3.63, 3.8) is 0 Å². The van der Waals surface area contributed by atoms with E-state index in [-0.39, 0.29) is 34.7 Å². The van der Waals surface area contributed by atoms with Crippen LogP contribution in [-0.2, 0) is 14.3 Å². The van der Waals surface area contributed by atoms with Crippen LogP contribution in [0, 0.1) is 28.6 Å². The van der Waals surface area contributed by atoms with Crippen molar-refractivity contribution in [1.82, 2.24) is 0 Å². The molecule has 0 amide bonds. The molecule has 1 unspecified atom stereocenters. The number of hydrogen-bond acceptors (Lipinski definition) is 4. The van der Waals surface area contributed by atoms with Crippen molar-refractivity contribution in [2.45, 2.75) is 90.8 Å². The Labute approximate surface area is 162 Å². The van der Waals surface area contributed by atoms with E-state index in [0.29, 0.717) is 11.7 Å². The first kappa shape index (κ1) is 19.2. The highest BCUT2D eigenvalue weighted by Gasteiger charge is 2.65. The van der Waals surface area contributed by atoms with E-state index in [9.17, 15) is 14.7 Å². The lowest BCUT2D eigenvalue weighted by molar-refractivity contribution is -0.190. The zero-order valence-electron chi connectivity index (χ0n) is 17.2. The molecule has 0 radical (unpaired) electrons. The number of aliphatic hydroxyl groups is 1. The van der Waals surface area contributed by atoms with Gasteiger partial charge in [0.1, 0.15) is 11.9 Å². The molecule has 150 valence electrons. The normalized spacial score (nSPS) is 48.7. The summed E-state index contributed by atoms with van der Waals surface area (Å²) >= 11 is 0. The number of allylic oxidation sites excluding steroid dienone is 1. The molecule has 27 heavy (non-hydrogen) atoms. The molecule has 3 fully saturated rings. The zero-order chi connectivity index (χ0) is 19.6. The Morgan fingerprint density at radius 2 is 1.81 bits per heavy atom. The molecule has 0 aromatic heterocycles. The maximum absolute atomic E-state index is 12.2. The fourth-order valence-corrected chi connectivity index (χ4v) is 7.56. The van der Waals surface area contributed by atoms with Gasteiger partial charge in [-0.3, -0.25) is 9.59 Å². The van der Waals surface area contributed by atoms with Crippen LogP contribution >= 0.6 is 0 Å². The third-order valence-electron chi connectivity index (χ3n) is 9.07. The number of ketones is 1. The minimum Gasteiger partial charge on any atom is -0.462 e. The fourth-order valence-electron chi connectivity index (χ4n) is 7.56. The van der Waals surface area contributed by atoms with Gasteiger partial charge in [0.25, 0.3) is 0 Å². The largest absolute Gasteiger partial charge is 0.462 e. The lowest BCUT2D eigenvalue weighted by Gasteiger charge is -2.62. The van der Waals surface area contributed by atoms with Crippen molar-refractivity contribution in [2.24, 2.45) is 28.6 Å². The fraction of sp³-hybridized carbons (Fsp3) is 0.826. The maximum Gasteiger partial charge on any atom is 0.302 e. The molecule has 4 heteroatoms. The second kappa shape index (κ2) is 6.17. The predicted octanol–water partition coefficient (Wildman–Crippen LogP) is 4.20. The summed E-state index contributed by atoms with van der Waals surface area (Å²) in [5.74, 6) is 0.923. The molecule has 0 aromatic carbocycles. The average molecular weight is 375 g/mol. The number of hydrogen-bond donors (Lipinski definition) is 1. The van der Waals surface area contributed by atoms with E-state index in [0.717, 1.165) is 51.4 Å². The van der Waals surface area contributed by atoms with Gasteiger partial charge in [0, 0.05) is 24.7 Å². The third kappa shape index (κ3) is 2.58. The Balaban J connectivity index is 1.65. The topological polar surface area (TPSA) is 63.6 Å². The molecule has 0 aromatic rings. The number of fused-ring (bicyclic) bond motifs is 5. The van der Waals surface area contributed by atoms with Gasteiger partial charge in [-0.05, 0) is 69.1 Å². The number of carbonyl (C=O) groups excluding carboxylic acids is 2. The molecule has 3 saturated carbocycles. The highest BCUT2D eigenvalue weighted by atomic mass is 16.5. The van der Waals surface area contributed by atoms with Gasteiger partial charge >= 0.3 is 5.97 Å². The molecular formula is C23H34O4. The van der Waals surface area contributed by atoms with Gasteiger partial charge in [0.05, 0.1) is 5.60 Å². The Morgan fingerprint density at radius 1 is 1.07 bits per heavy atom. The van der Waals surface area contributed by atoms with Crippen molar-refractivity contribution in [3.05, 3.63) is 11.6 Å². The average Bonchev–Trinajstić information content (AvgIpc) is 2.93. The van der Waals surface area contributed by atoms with Crippen molar-refractivity contribution in [1.29, 1.82) is 0 Å². The first-order chi connectivity index (χ1) is 12.6. The number of Topliss-reactive ketones (excluding diaryl/α,β-unsaturated/α-hetero) is 1. The van der Waals surface area contributed by atoms with Crippen molar-refractivity contribution >= 4 is 11.8 Å². The van der Waals surface area contributed by atoms with Gasteiger partial charge in [0.15, 0.2) is 0 Å². The smallest absolute Gasteiger partial charge is 0.302 e. The minimum atomic E-state index is -0.700. The zero-order valence-corrected chi connectivity index (χ0v) is 17.2. The molecule has 0 spiro atoms. The minimum absolute atomic E-state index is 0.0410. The molecule has 4 rings (SSSR count). The lowest BCUT2D eigenvalue weighted by atomic mass is 9.45. The van der Waals surface area contributed by atoms with Crippen LogP contribution < -0.4 is 0 Å². The summed E-state index contributed by atoms with van der Waals surface area (Å²) in [6.07, 6.45) is 9.36. The number of esters is 1. The van der Waals surface area contributed by atoms with Crippen LogP contribution in [0.1, 0.15) is 79.1 Å². The highest BCUT2D eigenvalue weighted by molar-refractivity contribution is 5.79. The van der Waals surface area contributed by atoms with Gasteiger partial charge < -0.3 is 9.84 Å². The first-order valence-electron chi connectivity index (χ1n) is 10.7. The van der Waals surface area contributed by atoms with Crippen molar-refractivity contribution < 1.29 is 19.4 Å². The van der Waals surface area contributed by atoms with E-state index in [4.69, 9.17) is 4.74 Å². The van der Waals surface area contributed by atoms with Crippen LogP contribution in [0.4, 0.5) is 0 Å².